The lowest BCUT2D eigenvalue weighted by Crippen LogP contribution is -2.53. The Morgan fingerprint density at radius 3 is 2.32 bits per heavy atom. The Hall–Kier alpha value is -0.0800. The van der Waals surface area contributed by atoms with Crippen molar-refractivity contribution in [2.75, 3.05) is 13.2 Å². The second kappa shape index (κ2) is 4.46. The van der Waals surface area contributed by atoms with Crippen LogP contribution in [-0.2, 0) is 0 Å². The Bertz CT molecular complexity index is 340. The van der Waals surface area contributed by atoms with Gasteiger partial charge in [0.2, 0.25) is 0 Å². The van der Waals surface area contributed by atoms with Crippen LogP contribution in [0.1, 0.15) is 65.7 Å². The van der Waals surface area contributed by atoms with E-state index in [1.807, 2.05) is 0 Å². The van der Waals surface area contributed by atoms with E-state index in [0.29, 0.717) is 23.5 Å². The molecule has 0 radical (unpaired) electrons. The molecule has 2 N–H and O–H groups in total. The normalized spacial score (nSPS) is 42.9. The van der Waals surface area contributed by atoms with Gasteiger partial charge in [-0.25, -0.2) is 0 Å². The lowest BCUT2D eigenvalue weighted by molar-refractivity contribution is 0.0739. The molecule has 3 fully saturated rings. The smallest absolute Gasteiger partial charge is 0.0499 e. The summed E-state index contributed by atoms with van der Waals surface area (Å²) in [5.74, 6) is 0.906. The van der Waals surface area contributed by atoms with Crippen molar-refractivity contribution < 1.29 is 5.11 Å². The molecule has 0 spiro atoms. The predicted molar refractivity (Wildman–Crippen MR) is 79.0 cm³/mol. The molecule has 110 valence electrons. The summed E-state index contributed by atoms with van der Waals surface area (Å²) in [5.41, 5.74) is 1.12. The Morgan fingerprint density at radius 1 is 1.11 bits per heavy atom. The van der Waals surface area contributed by atoms with Crippen molar-refractivity contribution in [1.82, 2.24) is 5.32 Å². The molecule has 0 aromatic heterocycles. The fourth-order valence-electron chi connectivity index (χ4n) is 5.65. The first-order chi connectivity index (χ1) is 8.92. The summed E-state index contributed by atoms with van der Waals surface area (Å²) in [6.45, 7) is 8.80. The maximum absolute atomic E-state index is 9.78. The van der Waals surface area contributed by atoms with Gasteiger partial charge in [0.15, 0.2) is 0 Å². The van der Waals surface area contributed by atoms with Gasteiger partial charge < -0.3 is 10.4 Å². The maximum Gasteiger partial charge on any atom is 0.0499 e. The number of rotatable bonds is 4. The third kappa shape index (κ3) is 2.06. The number of hydrogen-bond acceptors (Lipinski definition) is 2. The highest BCUT2D eigenvalue weighted by atomic mass is 16.3. The number of fused-ring (bicyclic) bond motifs is 2. The Kier molecular flexibility index (Phi) is 3.26. The van der Waals surface area contributed by atoms with E-state index in [2.05, 4.69) is 26.1 Å². The fraction of sp³-hybridized carbons (Fsp3) is 1.00. The third-order valence-electron chi connectivity index (χ3n) is 6.95. The molecule has 19 heavy (non-hydrogen) atoms. The number of aliphatic hydroxyl groups is 1. The fourth-order valence-corrected chi connectivity index (χ4v) is 5.65. The SMILES string of the molecule is CC1(C)C(NCC2(CO)CCCC2)[C@]2(C)CC[C@H]1C2. The molecule has 1 unspecified atom stereocenters. The zero-order valence-corrected chi connectivity index (χ0v) is 13.0. The van der Waals surface area contributed by atoms with Gasteiger partial charge in [-0.2, -0.15) is 0 Å². The highest BCUT2D eigenvalue weighted by Crippen LogP contribution is 2.62. The quantitative estimate of drug-likeness (QED) is 0.817. The van der Waals surface area contributed by atoms with Crippen LogP contribution < -0.4 is 5.32 Å². The van der Waals surface area contributed by atoms with E-state index in [-0.39, 0.29) is 5.41 Å². The molecule has 0 aromatic carbocycles. The van der Waals surface area contributed by atoms with Crippen LogP contribution in [0.3, 0.4) is 0 Å². The van der Waals surface area contributed by atoms with Crippen molar-refractivity contribution in [2.24, 2.45) is 22.2 Å². The Balaban J connectivity index is 1.69. The minimum absolute atomic E-state index is 0.189. The molecule has 0 saturated heterocycles. The van der Waals surface area contributed by atoms with Gasteiger partial charge in [-0.3, -0.25) is 0 Å². The van der Waals surface area contributed by atoms with E-state index in [1.54, 1.807) is 0 Å². The molecule has 2 heteroatoms. The summed E-state index contributed by atoms with van der Waals surface area (Å²) >= 11 is 0. The van der Waals surface area contributed by atoms with Crippen molar-refractivity contribution in [3.63, 3.8) is 0 Å². The van der Waals surface area contributed by atoms with Crippen LogP contribution in [0.25, 0.3) is 0 Å². The zero-order valence-electron chi connectivity index (χ0n) is 13.0. The van der Waals surface area contributed by atoms with Crippen molar-refractivity contribution >= 4 is 0 Å². The van der Waals surface area contributed by atoms with Crippen molar-refractivity contribution in [3.8, 4) is 0 Å². The zero-order chi connectivity index (χ0) is 13.7. The summed E-state index contributed by atoms with van der Waals surface area (Å²) in [6.07, 6.45) is 9.25. The van der Waals surface area contributed by atoms with Crippen molar-refractivity contribution in [1.29, 1.82) is 0 Å². The van der Waals surface area contributed by atoms with Gasteiger partial charge in [-0.1, -0.05) is 33.6 Å². The van der Waals surface area contributed by atoms with E-state index in [0.717, 1.165) is 12.5 Å². The van der Waals surface area contributed by atoms with Crippen LogP contribution in [-0.4, -0.2) is 24.3 Å². The first kappa shape index (κ1) is 13.9. The van der Waals surface area contributed by atoms with Crippen LogP contribution in [0, 0.1) is 22.2 Å². The third-order valence-corrected chi connectivity index (χ3v) is 6.95. The minimum atomic E-state index is 0.189. The van der Waals surface area contributed by atoms with Gasteiger partial charge in [0, 0.05) is 24.6 Å². The van der Waals surface area contributed by atoms with Gasteiger partial charge in [0.25, 0.3) is 0 Å². The highest BCUT2D eigenvalue weighted by molar-refractivity contribution is 5.12. The monoisotopic (exact) mass is 265 g/mol. The molecule has 0 aromatic rings. The van der Waals surface area contributed by atoms with Crippen molar-refractivity contribution in [2.45, 2.75) is 71.8 Å². The molecule has 3 rings (SSSR count). The molecule has 3 saturated carbocycles. The molecule has 2 nitrogen and oxygen atoms in total. The van der Waals surface area contributed by atoms with Crippen LogP contribution in [0.5, 0.6) is 0 Å². The lowest BCUT2D eigenvalue weighted by atomic mass is 9.68. The second-order valence-electron chi connectivity index (χ2n) is 8.59. The molecule has 0 amide bonds. The van der Waals surface area contributed by atoms with Crippen LogP contribution in [0.15, 0.2) is 0 Å². The first-order valence-corrected chi connectivity index (χ1v) is 8.26. The number of nitrogens with one attached hydrogen (secondary N) is 1. The first-order valence-electron chi connectivity index (χ1n) is 8.26. The predicted octanol–water partition coefficient (Wildman–Crippen LogP) is 3.34. The summed E-state index contributed by atoms with van der Waals surface area (Å²) in [5, 5.41) is 13.7. The topological polar surface area (TPSA) is 32.3 Å². The van der Waals surface area contributed by atoms with E-state index >= 15 is 0 Å². The summed E-state index contributed by atoms with van der Waals surface area (Å²) in [6, 6.07) is 0.641. The second-order valence-corrected chi connectivity index (χ2v) is 8.59. The van der Waals surface area contributed by atoms with E-state index < -0.39 is 0 Å². The van der Waals surface area contributed by atoms with Gasteiger partial charge in [-0.05, 0) is 48.9 Å². The largest absolute Gasteiger partial charge is 0.396 e. The maximum atomic E-state index is 9.78. The van der Waals surface area contributed by atoms with E-state index in [4.69, 9.17) is 0 Å². The molecule has 0 aliphatic heterocycles. The molecule has 0 heterocycles. The van der Waals surface area contributed by atoms with Crippen LogP contribution in [0.4, 0.5) is 0 Å². The lowest BCUT2D eigenvalue weighted by Gasteiger charge is -2.45. The molecule has 3 aliphatic carbocycles. The molecule has 2 bridgehead atoms. The standard InChI is InChI=1S/C17H31NO/c1-15(2)13-6-9-16(3,10-13)14(15)18-11-17(12-19)7-4-5-8-17/h13-14,18-19H,4-12H2,1-3H3/t13-,14?,16+/m0/s1. The number of aliphatic hydroxyl groups excluding tert-OH is 1. The average Bonchev–Trinajstić information content (AvgIpc) is 3.00. The van der Waals surface area contributed by atoms with E-state index in [1.165, 1.54) is 44.9 Å². The van der Waals surface area contributed by atoms with Gasteiger partial charge in [0.05, 0.1) is 0 Å². The average molecular weight is 265 g/mol. The van der Waals surface area contributed by atoms with Crippen LogP contribution in [0.2, 0.25) is 0 Å². The van der Waals surface area contributed by atoms with Gasteiger partial charge in [0.1, 0.15) is 0 Å². The highest BCUT2D eigenvalue weighted by Gasteiger charge is 2.59. The Labute approximate surface area is 118 Å². The van der Waals surface area contributed by atoms with Gasteiger partial charge in [-0.15, -0.1) is 0 Å². The van der Waals surface area contributed by atoms with Crippen molar-refractivity contribution in [3.05, 3.63) is 0 Å². The summed E-state index contributed by atoms with van der Waals surface area (Å²) in [4.78, 5) is 0. The molecular weight excluding hydrogens is 234 g/mol. The van der Waals surface area contributed by atoms with Crippen LogP contribution >= 0.6 is 0 Å². The molecule has 3 aliphatic rings. The number of hydrogen-bond donors (Lipinski definition) is 2. The molecule has 3 atom stereocenters. The molecular formula is C17H31NO. The summed E-state index contributed by atoms with van der Waals surface area (Å²) in [7, 11) is 0. The van der Waals surface area contributed by atoms with E-state index in [9.17, 15) is 5.11 Å². The minimum Gasteiger partial charge on any atom is -0.396 e. The summed E-state index contributed by atoms with van der Waals surface area (Å²) < 4.78 is 0. The van der Waals surface area contributed by atoms with Gasteiger partial charge >= 0.3 is 0 Å². The Morgan fingerprint density at radius 2 is 1.79 bits per heavy atom.